The maximum atomic E-state index is 12.0. The number of likely N-dealkylation sites (tertiary alicyclic amines) is 1. The number of benzene rings is 1. The summed E-state index contributed by atoms with van der Waals surface area (Å²) in [6.45, 7) is 7.43. The number of imidazole rings is 1. The summed E-state index contributed by atoms with van der Waals surface area (Å²) < 4.78 is 12.3. The van der Waals surface area contributed by atoms with Gasteiger partial charge in [-0.15, -0.1) is 24.0 Å². The van der Waals surface area contributed by atoms with Gasteiger partial charge in [0.05, 0.1) is 33.1 Å². The van der Waals surface area contributed by atoms with Crippen LogP contribution in [0.1, 0.15) is 42.2 Å². The first-order valence-electron chi connectivity index (χ1n) is 10.3. The van der Waals surface area contributed by atoms with Crippen LogP contribution in [0.4, 0.5) is 0 Å². The predicted molar refractivity (Wildman–Crippen MR) is 131 cm³/mol. The molecule has 0 bridgehead atoms. The van der Waals surface area contributed by atoms with Crippen LogP contribution in [0.3, 0.4) is 0 Å². The Morgan fingerprint density at radius 3 is 2.81 bits per heavy atom. The van der Waals surface area contributed by atoms with Crippen molar-refractivity contribution in [3.05, 3.63) is 48.0 Å². The Bertz CT molecular complexity index is 872. The van der Waals surface area contributed by atoms with Gasteiger partial charge >= 0.3 is 5.97 Å². The molecule has 2 unspecified atom stereocenters. The summed E-state index contributed by atoms with van der Waals surface area (Å²) in [4.78, 5) is 23.4. The van der Waals surface area contributed by atoms with E-state index in [0.717, 1.165) is 37.6 Å². The van der Waals surface area contributed by atoms with E-state index in [9.17, 15) is 4.79 Å². The van der Waals surface area contributed by atoms with Crippen molar-refractivity contribution >= 4 is 35.9 Å². The van der Waals surface area contributed by atoms with Crippen LogP contribution in [0.25, 0.3) is 0 Å². The van der Waals surface area contributed by atoms with Gasteiger partial charge in [-0.1, -0.05) is 13.0 Å². The quantitative estimate of drug-likeness (QED) is 0.262. The number of aromatic nitrogens is 2. The highest BCUT2D eigenvalue weighted by Gasteiger charge is 2.28. The summed E-state index contributed by atoms with van der Waals surface area (Å²) in [5.41, 5.74) is 1.33. The molecule has 170 valence electrons. The lowest BCUT2D eigenvalue weighted by Gasteiger charge is -2.39. The Morgan fingerprint density at radius 1 is 1.35 bits per heavy atom. The number of hydrogen-bond acceptors (Lipinski definition) is 5. The second-order valence-electron chi connectivity index (χ2n) is 7.49. The Balaban J connectivity index is 0.00000341. The van der Waals surface area contributed by atoms with Crippen molar-refractivity contribution in [2.24, 2.45) is 10.9 Å². The third-order valence-corrected chi connectivity index (χ3v) is 5.54. The zero-order valence-electron chi connectivity index (χ0n) is 18.6. The maximum absolute atomic E-state index is 12.0. The number of carbonyl (C=O) groups is 1. The molecule has 8 nitrogen and oxygen atoms in total. The molecule has 0 radical (unpaired) electrons. The number of aliphatic imine (C=N–C) groups is 1. The third kappa shape index (κ3) is 6.11. The number of esters is 1. The molecule has 9 heteroatoms. The van der Waals surface area contributed by atoms with Gasteiger partial charge in [0.15, 0.2) is 5.96 Å². The number of rotatable bonds is 6. The molecular formula is C22H32IN5O3. The third-order valence-electron chi connectivity index (χ3n) is 5.54. The molecule has 1 aromatic heterocycles. The highest BCUT2D eigenvalue weighted by Crippen LogP contribution is 2.27. The van der Waals surface area contributed by atoms with Crippen molar-refractivity contribution in [2.45, 2.75) is 32.9 Å². The molecule has 31 heavy (non-hydrogen) atoms. The van der Waals surface area contributed by atoms with E-state index >= 15 is 0 Å². The zero-order valence-corrected chi connectivity index (χ0v) is 20.9. The minimum absolute atomic E-state index is 0. The minimum atomic E-state index is -0.419. The summed E-state index contributed by atoms with van der Waals surface area (Å²) in [7, 11) is 2.90. The Labute approximate surface area is 201 Å². The van der Waals surface area contributed by atoms with Gasteiger partial charge in [0.1, 0.15) is 11.3 Å². The van der Waals surface area contributed by atoms with E-state index in [2.05, 4.69) is 33.6 Å². The molecule has 0 saturated carbocycles. The van der Waals surface area contributed by atoms with Crippen LogP contribution in [0.2, 0.25) is 0 Å². The number of hydrogen-bond donors (Lipinski definition) is 1. The average molecular weight is 541 g/mol. The van der Waals surface area contributed by atoms with Gasteiger partial charge in [-0.05, 0) is 37.0 Å². The van der Waals surface area contributed by atoms with Crippen LogP contribution in [0.15, 0.2) is 41.9 Å². The van der Waals surface area contributed by atoms with Crippen molar-refractivity contribution in [3.63, 3.8) is 0 Å². The molecule has 1 fully saturated rings. The highest BCUT2D eigenvalue weighted by molar-refractivity contribution is 14.0. The number of methoxy groups -OCH3 is 2. The van der Waals surface area contributed by atoms with Gasteiger partial charge in [-0.3, -0.25) is 0 Å². The molecule has 3 rings (SSSR count). The summed E-state index contributed by atoms with van der Waals surface area (Å²) >= 11 is 0. The Kier molecular flexibility index (Phi) is 9.60. The number of guanidine groups is 1. The lowest BCUT2D eigenvalue weighted by atomic mass is 9.93. The molecular weight excluding hydrogens is 509 g/mol. The van der Waals surface area contributed by atoms with E-state index in [0.29, 0.717) is 29.8 Å². The van der Waals surface area contributed by atoms with Crippen molar-refractivity contribution in [1.29, 1.82) is 0 Å². The molecule has 0 aliphatic carbocycles. The SMILES string of the molecule is CCNC(=NCc1ccc(OC)c(C(=O)OC)c1)N1CCC(C)C(n2ccnc2)C1.I. The summed E-state index contributed by atoms with van der Waals surface area (Å²) in [5, 5.41) is 3.41. The minimum Gasteiger partial charge on any atom is -0.496 e. The molecule has 1 N–H and O–H groups in total. The topological polar surface area (TPSA) is 81.0 Å². The Morgan fingerprint density at radius 2 is 2.16 bits per heavy atom. The molecule has 0 amide bonds. The number of halogens is 1. The standard InChI is InChI=1S/C22H31N5O3.HI/c1-5-24-22(26-10-8-16(2)19(14-26)27-11-9-23-15-27)25-13-17-6-7-20(29-3)18(12-17)21(28)30-4;/h6-7,9,11-12,15-16,19H,5,8,10,13-14H2,1-4H3,(H,24,25);1H. The molecule has 2 heterocycles. The largest absolute Gasteiger partial charge is 0.496 e. The van der Waals surface area contributed by atoms with E-state index < -0.39 is 5.97 Å². The van der Waals surface area contributed by atoms with Crippen molar-refractivity contribution < 1.29 is 14.3 Å². The first-order valence-corrected chi connectivity index (χ1v) is 10.3. The number of carbonyl (C=O) groups excluding carboxylic acids is 1. The van der Waals surface area contributed by atoms with E-state index in [1.807, 2.05) is 24.8 Å². The number of piperidine rings is 1. The Hall–Kier alpha value is -2.30. The molecule has 1 aliphatic rings. The molecule has 2 aromatic rings. The fraction of sp³-hybridized carbons (Fsp3) is 0.500. The summed E-state index contributed by atoms with van der Waals surface area (Å²) in [6, 6.07) is 5.84. The van der Waals surface area contributed by atoms with Gasteiger partial charge in [0.25, 0.3) is 0 Å². The second kappa shape index (κ2) is 11.9. The van der Waals surface area contributed by atoms with Crippen LogP contribution < -0.4 is 10.1 Å². The number of ether oxygens (including phenoxy) is 2. The van der Waals surface area contributed by atoms with Crippen LogP contribution in [-0.4, -0.2) is 60.2 Å². The van der Waals surface area contributed by atoms with E-state index in [1.165, 1.54) is 14.2 Å². The first-order chi connectivity index (χ1) is 14.6. The zero-order chi connectivity index (χ0) is 21.5. The smallest absolute Gasteiger partial charge is 0.341 e. The molecule has 2 atom stereocenters. The molecule has 0 spiro atoms. The fourth-order valence-corrected chi connectivity index (χ4v) is 3.81. The number of nitrogens with one attached hydrogen (secondary N) is 1. The second-order valence-corrected chi connectivity index (χ2v) is 7.49. The summed E-state index contributed by atoms with van der Waals surface area (Å²) in [5.74, 6) is 1.53. The highest BCUT2D eigenvalue weighted by atomic mass is 127. The van der Waals surface area contributed by atoms with Crippen molar-refractivity contribution in [1.82, 2.24) is 19.8 Å². The molecule has 1 aliphatic heterocycles. The first kappa shape index (κ1) is 25.0. The molecule has 1 aromatic carbocycles. The van der Waals surface area contributed by atoms with E-state index in [4.69, 9.17) is 14.5 Å². The van der Waals surface area contributed by atoms with Gasteiger partial charge in [0.2, 0.25) is 0 Å². The number of nitrogens with zero attached hydrogens (tertiary/aromatic N) is 4. The van der Waals surface area contributed by atoms with Crippen molar-refractivity contribution in [3.8, 4) is 5.75 Å². The fourth-order valence-electron chi connectivity index (χ4n) is 3.81. The van der Waals surface area contributed by atoms with Crippen LogP contribution in [0.5, 0.6) is 5.75 Å². The van der Waals surface area contributed by atoms with Crippen LogP contribution >= 0.6 is 24.0 Å². The van der Waals surface area contributed by atoms with Gasteiger partial charge in [0, 0.05) is 32.0 Å². The van der Waals surface area contributed by atoms with Gasteiger partial charge < -0.3 is 24.3 Å². The monoisotopic (exact) mass is 541 g/mol. The average Bonchev–Trinajstić information content (AvgIpc) is 3.31. The van der Waals surface area contributed by atoms with Crippen LogP contribution in [-0.2, 0) is 11.3 Å². The summed E-state index contributed by atoms with van der Waals surface area (Å²) in [6.07, 6.45) is 6.83. The molecule has 1 saturated heterocycles. The lowest BCUT2D eigenvalue weighted by Crippen LogP contribution is -2.49. The maximum Gasteiger partial charge on any atom is 0.341 e. The van der Waals surface area contributed by atoms with Crippen LogP contribution in [0, 0.1) is 5.92 Å². The predicted octanol–water partition coefficient (Wildman–Crippen LogP) is 3.34. The van der Waals surface area contributed by atoms with Gasteiger partial charge in [-0.2, -0.15) is 0 Å². The van der Waals surface area contributed by atoms with E-state index in [-0.39, 0.29) is 24.0 Å². The lowest BCUT2D eigenvalue weighted by molar-refractivity contribution is 0.0597. The van der Waals surface area contributed by atoms with Crippen molar-refractivity contribution in [2.75, 3.05) is 33.9 Å². The normalized spacial score (nSPS) is 18.8. The van der Waals surface area contributed by atoms with Gasteiger partial charge in [-0.25, -0.2) is 14.8 Å². The van der Waals surface area contributed by atoms with E-state index in [1.54, 1.807) is 12.1 Å².